The molecule has 1 unspecified atom stereocenters. The summed E-state index contributed by atoms with van der Waals surface area (Å²) in [4.78, 5) is 26.8. The third kappa shape index (κ3) is 3.43. The lowest BCUT2D eigenvalue weighted by Gasteiger charge is -2.24. The van der Waals surface area contributed by atoms with Crippen molar-refractivity contribution in [2.45, 2.75) is 32.7 Å². The van der Waals surface area contributed by atoms with Gasteiger partial charge in [0.15, 0.2) is 0 Å². The van der Waals surface area contributed by atoms with Crippen LogP contribution in [-0.2, 0) is 9.59 Å². The Kier molecular flexibility index (Phi) is 4.14. The Hall–Kier alpha value is -1.10. The monoisotopic (exact) mass is 242 g/mol. The average Bonchev–Trinajstić information content (AvgIpc) is 2.65. The Labute approximate surface area is 102 Å². The maximum atomic E-state index is 12.0. The van der Waals surface area contributed by atoms with Gasteiger partial charge in [-0.1, -0.05) is 0 Å². The highest BCUT2D eigenvalue weighted by molar-refractivity contribution is 5.84. The topological polar surface area (TPSA) is 60.9 Å². The van der Waals surface area contributed by atoms with Crippen LogP contribution < -0.4 is 0 Å². The zero-order valence-electron chi connectivity index (χ0n) is 11.1. The molecule has 0 aliphatic carbocycles. The summed E-state index contributed by atoms with van der Waals surface area (Å²) in [7, 11) is 4.00. The van der Waals surface area contributed by atoms with E-state index in [4.69, 9.17) is 5.11 Å². The largest absolute Gasteiger partial charge is 0.481 e. The molecule has 1 rings (SSSR count). The van der Waals surface area contributed by atoms with Gasteiger partial charge in [0.25, 0.3) is 0 Å². The number of carbonyl (C=O) groups excluding carboxylic acids is 1. The van der Waals surface area contributed by atoms with Gasteiger partial charge in [-0.2, -0.15) is 0 Å². The summed E-state index contributed by atoms with van der Waals surface area (Å²) in [5.41, 5.74) is -0.979. The lowest BCUT2D eigenvalue weighted by molar-refractivity contribution is -0.151. The highest BCUT2D eigenvalue weighted by atomic mass is 16.4. The molecule has 0 aromatic carbocycles. The number of likely N-dealkylation sites (N-methyl/N-ethyl adjacent to an activating group) is 1. The van der Waals surface area contributed by atoms with Gasteiger partial charge < -0.3 is 14.9 Å². The number of nitrogens with zero attached hydrogens (tertiary/aromatic N) is 2. The minimum absolute atomic E-state index is 0.0539. The first kappa shape index (κ1) is 14.0. The molecule has 1 amide bonds. The molecule has 0 aromatic heterocycles. The minimum atomic E-state index is -0.979. The van der Waals surface area contributed by atoms with Crippen LogP contribution in [0.2, 0.25) is 0 Å². The molecule has 1 fully saturated rings. The molecule has 0 spiro atoms. The second-order valence-electron chi connectivity index (χ2n) is 5.61. The Morgan fingerprint density at radius 3 is 2.41 bits per heavy atom. The lowest BCUT2D eigenvalue weighted by atomic mass is 9.89. The van der Waals surface area contributed by atoms with Crippen molar-refractivity contribution in [3.05, 3.63) is 0 Å². The van der Waals surface area contributed by atoms with Crippen LogP contribution in [-0.4, -0.2) is 60.0 Å². The van der Waals surface area contributed by atoms with Crippen LogP contribution in [0.15, 0.2) is 0 Å². The summed E-state index contributed by atoms with van der Waals surface area (Å²) in [6, 6.07) is 0.395. The summed E-state index contributed by atoms with van der Waals surface area (Å²) in [6.07, 6.45) is 1.04. The van der Waals surface area contributed by atoms with Crippen molar-refractivity contribution in [1.82, 2.24) is 9.80 Å². The minimum Gasteiger partial charge on any atom is -0.481 e. The predicted octanol–water partition coefficient (Wildman–Crippen LogP) is 0.650. The first-order valence-corrected chi connectivity index (χ1v) is 5.91. The fourth-order valence-electron chi connectivity index (χ4n) is 1.96. The van der Waals surface area contributed by atoms with Crippen molar-refractivity contribution in [2.75, 3.05) is 27.2 Å². The van der Waals surface area contributed by atoms with Crippen LogP contribution in [0.5, 0.6) is 0 Å². The number of hydrogen-bond acceptors (Lipinski definition) is 3. The number of carboxylic acids is 1. The molecule has 1 aliphatic heterocycles. The van der Waals surface area contributed by atoms with E-state index >= 15 is 0 Å². The van der Waals surface area contributed by atoms with Gasteiger partial charge in [0.1, 0.15) is 0 Å². The zero-order chi connectivity index (χ0) is 13.2. The number of carboxylic acid groups (broad SMARTS) is 1. The van der Waals surface area contributed by atoms with Crippen molar-refractivity contribution in [2.24, 2.45) is 5.41 Å². The second kappa shape index (κ2) is 5.04. The van der Waals surface area contributed by atoms with Crippen LogP contribution in [0, 0.1) is 5.41 Å². The van der Waals surface area contributed by atoms with Crippen LogP contribution in [0.25, 0.3) is 0 Å². The van der Waals surface area contributed by atoms with Crippen molar-refractivity contribution < 1.29 is 14.7 Å². The molecular weight excluding hydrogens is 220 g/mol. The number of aliphatic carboxylic acids is 1. The molecule has 0 radical (unpaired) electrons. The van der Waals surface area contributed by atoms with Gasteiger partial charge in [0.05, 0.1) is 5.41 Å². The van der Waals surface area contributed by atoms with Gasteiger partial charge >= 0.3 is 5.97 Å². The van der Waals surface area contributed by atoms with Crippen molar-refractivity contribution in [3.63, 3.8) is 0 Å². The number of carbonyl (C=O) groups is 2. The number of hydrogen-bond donors (Lipinski definition) is 1. The molecule has 1 heterocycles. The summed E-state index contributed by atoms with van der Waals surface area (Å²) in [5.74, 6) is -0.976. The van der Waals surface area contributed by atoms with Crippen molar-refractivity contribution >= 4 is 11.9 Å². The Bertz CT molecular complexity index is 313. The maximum absolute atomic E-state index is 12.0. The van der Waals surface area contributed by atoms with Gasteiger partial charge in [-0.3, -0.25) is 9.59 Å². The standard InChI is InChI=1S/C12H22N2O3/c1-12(2,11(16)17)7-10(15)14-6-5-9(8-14)13(3)4/h9H,5-8H2,1-4H3,(H,16,17). The molecule has 0 saturated carbocycles. The fourth-order valence-corrected chi connectivity index (χ4v) is 1.96. The summed E-state index contributed by atoms with van der Waals surface area (Å²) in [6.45, 7) is 4.62. The first-order valence-electron chi connectivity index (χ1n) is 5.91. The molecule has 1 aliphatic rings. The SMILES string of the molecule is CN(C)C1CCN(C(=O)CC(C)(C)C(=O)O)C1. The maximum Gasteiger partial charge on any atom is 0.309 e. The molecule has 17 heavy (non-hydrogen) atoms. The van der Waals surface area contributed by atoms with Gasteiger partial charge in [-0.05, 0) is 34.4 Å². The zero-order valence-corrected chi connectivity index (χ0v) is 11.1. The number of likely N-dealkylation sites (tertiary alicyclic amines) is 1. The predicted molar refractivity (Wildman–Crippen MR) is 64.7 cm³/mol. The van der Waals surface area contributed by atoms with Crippen LogP contribution in [0.3, 0.4) is 0 Å². The lowest BCUT2D eigenvalue weighted by Crippen LogP contribution is -2.38. The van der Waals surface area contributed by atoms with Crippen LogP contribution in [0.1, 0.15) is 26.7 Å². The van der Waals surface area contributed by atoms with E-state index in [2.05, 4.69) is 4.90 Å². The quantitative estimate of drug-likeness (QED) is 0.786. The van der Waals surface area contributed by atoms with Gasteiger partial charge in [-0.15, -0.1) is 0 Å². The van der Waals surface area contributed by atoms with Gasteiger partial charge in [-0.25, -0.2) is 0 Å². The van der Waals surface area contributed by atoms with E-state index in [9.17, 15) is 9.59 Å². The number of amides is 1. The van der Waals surface area contributed by atoms with E-state index in [1.807, 2.05) is 14.1 Å². The van der Waals surface area contributed by atoms with Crippen LogP contribution >= 0.6 is 0 Å². The highest BCUT2D eigenvalue weighted by Gasteiger charge is 2.34. The number of rotatable bonds is 4. The average molecular weight is 242 g/mol. The van der Waals surface area contributed by atoms with E-state index in [0.29, 0.717) is 12.6 Å². The van der Waals surface area contributed by atoms with Crippen molar-refractivity contribution in [1.29, 1.82) is 0 Å². The molecule has 1 saturated heterocycles. The summed E-state index contributed by atoms with van der Waals surface area (Å²) < 4.78 is 0. The van der Waals surface area contributed by atoms with Crippen LogP contribution in [0.4, 0.5) is 0 Å². The normalized spacial score (nSPS) is 21.0. The molecule has 1 atom stereocenters. The summed E-state index contributed by atoms with van der Waals surface area (Å²) >= 11 is 0. The highest BCUT2D eigenvalue weighted by Crippen LogP contribution is 2.23. The van der Waals surface area contributed by atoms with Gasteiger partial charge in [0.2, 0.25) is 5.91 Å². The van der Waals surface area contributed by atoms with E-state index in [0.717, 1.165) is 13.0 Å². The molecular formula is C12H22N2O3. The Balaban J connectivity index is 2.53. The smallest absolute Gasteiger partial charge is 0.309 e. The molecule has 5 heteroatoms. The molecule has 0 bridgehead atoms. The molecule has 98 valence electrons. The van der Waals surface area contributed by atoms with E-state index < -0.39 is 11.4 Å². The fraction of sp³-hybridized carbons (Fsp3) is 0.833. The molecule has 5 nitrogen and oxygen atoms in total. The van der Waals surface area contributed by atoms with E-state index in [-0.39, 0.29) is 12.3 Å². The molecule has 0 aromatic rings. The third-order valence-electron chi connectivity index (χ3n) is 3.42. The third-order valence-corrected chi connectivity index (χ3v) is 3.42. The molecule has 1 N–H and O–H groups in total. The first-order chi connectivity index (χ1) is 7.74. The second-order valence-corrected chi connectivity index (χ2v) is 5.61. The Morgan fingerprint density at radius 1 is 1.41 bits per heavy atom. The van der Waals surface area contributed by atoms with E-state index in [1.165, 1.54) is 0 Å². The van der Waals surface area contributed by atoms with E-state index in [1.54, 1.807) is 18.7 Å². The Morgan fingerprint density at radius 2 is 2.00 bits per heavy atom. The summed E-state index contributed by atoms with van der Waals surface area (Å²) in [5, 5.41) is 8.99. The van der Waals surface area contributed by atoms with Gasteiger partial charge in [0, 0.05) is 25.6 Å². The van der Waals surface area contributed by atoms with Crippen molar-refractivity contribution in [3.8, 4) is 0 Å².